The third kappa shape index (κ3) is 7.40. The SMILES string of the molecule is CN=C(NCCCCN1CCN(C)CC1)NC1CCN(c2ccccc2)C1.I. The number of nitrogens with zero attached hydrogens (tertiary/aromatic N) is 4. The Morgan fingerprint density at radius 3 is 2.54 bits per heavy atom. The summed E-state index contributed by atoms with van der Waals surface area (Å²) in [4.78, 5) is 11.8. The second-order valence-corrected chi connectivity index (χ2v) is 7.76. The number of piperazine rings is 1. The van der Waals surface area contributed by atoms with Crippen molar-refractivity contribution in [3.8, 4) is 0 Å². The van der Waals surface area contributed by atoms with Gasteiger partial charge in [0.1, 0.15) is 0 Å². The van der Waals surface area contributed by atoms with Gasteiger partial charge in [0.05, 0.1) is 0 Å². The number of aliphatic imine (C=N–C) groups is 1. The van der Waals surface area contributed by atoms with Gasteiger partial charge in [0.15, 0.2) is 5.96 Å². The van der Waals surface area contributed by atoms with Crippen LogP contribution in [0, 0.1) is 0 Å². The number of hydrogen-bond acceptors (Lipinski definition) is 4. The largest absolute Gasteiger partial charge is 0.369 e. The molecule has 0 spiro atoms. The van der Waals surface area contributed by atoms with Crippen molar-refractivity contribution >= 4 is 35.6 Å². The van der Waals surface area contributed by atoms with E-state index >= 15 is 0 Å². The highest BCUT2D eigenvalue weighted by Crippen LogP contribution is 2.19. The number of likely N-dealkylation sites (N-methyl/N-ethyl adjacent to an activating group) is 1. The minimum atomic E-state index is 0. The Bertz CT molecular complexity index is 574. The number of para-hydroxylation sites is 1. The topological polar surface area (TPSA) is 46.1 Å². The lowest BCUT2D eigenvalue weighted by atomic mass is 10.2. The monoisotopic (exact) mass is 500 g/mol. The summed E-state index contributed by atoms with van der Waals surface area (Å²) in [7, 11) is 4.08. The molecule has 28 heavy (non-hydrogen) atoms. The van der Waals surface area contributed by atoms with Crippen molar-refractivity contribution in [3.63, 3.8) is 0 Å². The molecule has 2 aliphatic rings. The Morgan fingerprint density at radius 2 is 1.82 bits per heavy atom. The van der Waals surface area contributed by atoms with Crippen molar-refractivity contribution in [2.75, 3.05) is 71.4 Å². The van der Waals surface area contributed by atoms with Crippen LogP contribution in [0.1, 0.15) is 19.3 Å². The zero-order chi connectivity index (χ0) is 18.9. The highest BCUT2D eigenvalue weighted by molar-refractivity contribution is 14.0. The summed E-state index contributed by atoms with van der Waals surface area (Å²) >= 11 is 0. The highest BCUT2D eigenvalue weighted by atomic mass is 127. The molecule has 2 N–H and O–H groups in total. The van der Waals surface area contributed by atoms with E-state index in [1.54, 1.807) is 0 Å². The molecule has 7 heteroatoms. The highest BCUT2D eigenvalue weighted by Gasteiger charge is 2.23. The van der Waals surface area contributed by atoms with E-state index in [0.29, 0.717) is 6.04 Å². The van der Waals surface area contributed by atoms with Crippen LogP contribution in [0.3, 0.4) is 0 Å². The van der Waals surface area contributed by atoms with E-state index in [2.05, 4.69) is 67.7 Å². The van der Waals surface area contributed by atoms with Gasteiger partial charge in [-0.3, -0.25) is 4.99 Å². The molecule has 1 atom stereocenters. The zero-order valence-corrected chi connectivity index (χ0v) is 19.8. The van der Waals surface area contributed by atoms with Crippen LogP contribution in [-0.2, 0) is 0 Å². The van der Waals surface area contributed by atoms with Gasteiger partial charge in [-0.1, -0.05) is 18.2 Å². The number of rotatable bonds is 7. The number of unbranched alkanes of at least 4 members (excludes halogenated alkanes) is 1. The molecule has 158 valence electrons. The van der Waals surface area contributed by atoms with Crippen LogP contribution < -0.4 is 15.5 Å². The van der Waals surface area contributed by atoms with Crippen LogP contribution in [0.5, 0.6) is 0 Å². The Morgan fingerprint density at radius 1 is 1.07 bits per heavy atom. The molecule has 2 aliphatic heterocycles. The predicted octanol–water partition coefficient (Wildman–Crippen LogP) is 2.08. The normalized spacial score (nSPS) is 21.4. The van der Waals surface area contributed by atoms with E-state index in [4.69, 9.17) is 0 Å². The molecule has 2 heterocycles. The number of anilines is 1. The van der Waals surface area contributed by atoms with Crippen molar-refractivity contribution in [1.82, 2.24) is 20.4 Å². The molecule has 3 rings (SSSR count). The van der Waals surface area contributed by atoms with Crippen LogP contribution in [0.2, 0.25) is 0 Å². The molecule has 1 aromatic carbocycles. The third-order valence-electron chi connectivity index (χ3n) is 5.66. The lowest BCUT2D eigenvalue weighted by Crippen LogP contribution is -2.45. The Hall–Kier alpha value is -1.06. The Kier molecular flexibility index (Phi) is 10.4. The number of nitrogens with one attached hydrogen (secondary N) is 2. The molecule has 1 aromatic rings. The number of hydrogen-bond donors (Lipinski definition) is 2. The fraction of sp³-hybridized carbons (Fsp3) is 0.667. The van der Waals surface area contributed by atoms with Crippen LogP contribution in [-0.4, -0.2) is 88.3 Å². The first-order valence-electron chi connectivity index (χ1n) is 10.4. The molecule has 2 saturated heterocycles. The molecule has 0 aromatic heterocycles. The van der Waals surface area contributed by atoms with Crippen LogP contribution in [0.25, 0.3) is 0 Å². The summed E-state index contributed by atoms with van der Waals surface area (Å²) in [5, 5.41) is 7.08. The lowest BCUT2D eigenvalue weighted by molar-refractivity contribution is 0.152. The van der Waals surface area contributed by atoms with Gasteiger partial charge in [0.2, 0.25) is 0 Å². The smallest absolute Gasteiger partial charge is 0.191 e. The summed E-state index contributed by atoms with van der Waals surface area (Å²) in [5.41, 5.74) is 1.31. The summed E-state index contributed by atoms with van der Waals surface area (Å²) < 4.78 is 0. The molecule has 0 amide bonds. The minimum absolute atomic E-state index is 0. The first-order chi connectivity index (χ1) is 13.2. The first kappa shape index (κ1) is 23.2. The van der Waals surface area contributed by atoms with Gasteiger partial charge in [-0.2, -0.15) is 0 Å². The maximum Gasteiger partial charge on any atom is 0.191 e. The van der Waals surface area contributed by atoms with Gasteiger partial charge in [0.25, 0.3) is 0 Å². The van der Waals surface area contributed by atoms with E-state index in [9.17, 15) is 0 Å². The van der Waals surface area contributed by atoms with E-state index in [1.807, 2.05) is 7.05 Å². The third-order valence-corrected chi connectivity index (χ3v) is 5.66. The quantitative estimate of drug-likeness (QED) is 0.260. The molecule has 0 radical (unpaired) electrons. The first-order valence-corrected chi connectivity index (χ1v) is 10.4. The maximum absolute atomic E-state index is 4.41. The molecular weight excluding hydrogens is 463 g/mol. The van der Waals surface area contributed by atoms with E-state index in [1.165, 1.54) is 51.3 Å². The second kappa shape index (κ2) is 12.5. The summed E-state index contributed by atoms with van der Waals surface area (Å²) in [6.45, 7) is 9.18. The minimum Gasteiger partial charge on any atom is -0.369 e. The average Bonchev–Trinajstić information content (AvgIpc) is 3.17. The van der Waals surface area contributed by atoms with Gasteiger partial charge >= 0.3 is 0 Å². The van der Waals surface area contributed by atoms with E-state index in [0.717, 1.165) is 32.0 Å². The van der Waals surface area contributed by atoms with Crippen LogP contribution in [0.15, 0.2) is 35.3 Å². The Labute approximate surface area is 187 Å². The zero-order valence-electron chi connectivity index (χ0n) is 17.4. The van der Waals surface area contributed by atoms with E-state index in [-0.39, 0.29) is 24.0 Å². The summed E-state index contributed by atoms with van der Waals surface area (Å²) in [6, 6.07) is 11.1. The van der Waals surface area contributed by atoms with Gasteiger partial charge < -0.3 is 25.3 Å². The van der Waals surface area contributed by atoms with E-state index < -0.39 is 0 Å². The number of halogens is 1. The Balaban J connectivity index is 0.00000280. The number of guanidine groups is 1. The van der Waals surface area contributed by atoms with Crippen molar-refractivity contribution < 1.29 is 0 Å². The molecule has 0 saturated carbocycles. The standard InChI is InChI=1S/C21H36N6.HI/c1-22-21(23-11-6-7-12-26-16-14-25(2)15-17-26)24-19-10-13-27(18-19)20-8-4-3-5-9-20;/h3-5,8-9,19H,6-7,10-18H2,1-2H3,(H2,22,23,24);1H. The van der Waals surface area contributed by atoms with Crippen LogP contribution in [0.4, 0.5) is 5.69 Å². The molecule has 6 nitrogen and oxygen atoms in total. The van der Waals surface area contributed by atoms with Crippen LogP contribution >= 0.6 is 24.0 Å². The maximum atomic E-state index is 4.41. The average molecular weight is 500 g/mol. The van der Waals surface area contributed by atoms with Crippen molar-refractivity contribution in [2.45, 2.75) is 25.3 Å². The fourth-order valence-electron chi connectivity index (χ4n) is 3.88. The lowest BCUT2D eigenvalue weighted by Gasteiger charge is -2.32. The van der Waals surface area contributed by atoms with Gasteiger partial charge in [-0.15, -0.1) is 24.0 Å². The second-order valence-electron chi connectivity index (χ2n) is 7.76. The predicted molar refractivity (Wildman–Crippen MR) is 130 cm³/mol. The molecular formula is C21H37IN6. The molecule has 0 aliphatic carbocycles. The van der Waals surface area contributed by atoms with Crippen molar-refractivity contribution in [1.29, 1.82) is 0 Å². The summed E-state index contributed by atoms with van der Waals surface area (Å²) in [6.07, 6.45) is 3.59. The molecule has 2 fully saturated rings. The molecule has 0 bridgehead atoms. The molecule has 1 unspecified atom stereocenters. The van der Waals surface area contributed by atoms with Crippen molar-refractivity contribution in [2.24, 2.45) is 4.99 Å². The fourth-order valence-corrected chi connectivity index (χ4v) is 3.88. The van der Waals surface area contributed by atoms with Gasteiger partial charge in [-0.25, -0.2) is 0 Å². The van der Waals surface area contributed by atoms with Gasteiger partial charge in [0, 0.05) is 64.6 Å². The number of benzene rings is 1. The van der Waals surface area contributed by atoms with Crippen molar-refractivity contribution in [3.05, 3.63) is 30.3 Å². The summed E-state index contributed by atoms with van der Waals surface area (Å²) in [5.74, 6) is 0.939. The van der Waals surface area contributed by atoms with Gasteiger partial charge in [-0.05, 0) is 45.0 Å².